The van der Waals surface area contributed by atoms with Crippen LogP contribution in [0.25, 0.3) is 0 Å². The van der Waals surface area contributed by atoms with E-state index in [0.29, 0.717) is 6.54 Å². The lowest BCUT2D eigenvalue weighted by atomic mass is 9.75. The van der Waals surface area contributed by atoms with Gasteiger partial charge in [0.1, 0.15) is 6.07 Å². The highest BCUT2D eigenvalue weighted by Gasteiger charge is 2.46. The third-order valence-corrected chi connectivity index (χ3v) is 7.49. The van der Waals surface area contributed by atoms with Crippen LogP contribution in [0.4, 0.5) is 0 Å². The third-order valence-electron chi connectivity index (χ3n) is 5.62. The number of nitriles is 1. The summed E-state index contributed by atoms with van der Waals surface area (Å²) in [6.45, 7) is 4.72. The van der Waals surface area contributed by atoms with Gasteiger partial charge in [0.25, 0.3) is 0 Å². The molecule has 0 aromatic heterocycles. The van der Waals surface area contributed by atoms with Gasteiger partial charge in [-0.05, 0) is 23.3 Å². The summed E-state index contributed by atoms with van der Waals surface area (Å²) in [5.74, 6) is -0.211. The van der Waals surface area contributed by atoms with Crippen molar-refractivity contribution in [2.45, 2.75) is 30.2 Å². The minimum Gasteiger partial charge on any atom is -0.332 e. The maximum Gasteiger partial charge on any atom is 0.244 e. The molecule has 0 aliphatic carbocycles. The van der Waals surface area contributed by atoms with Crippen molar-refractivity contribution in [1.29, 1.82) is 5.26 Å². The highest BCUT2D eigenvalue weighted by molar-refractivity contribution is 7.89. The first-order valence-corrected chi connectivity index (χ1v) is 10.6. The second kappa shape index (κ2) is 6.43. The van der Waals surface area contributed by atoms with E-state index in [1.165, 1.54) is 16.4 Å². The van der Waals surface area contributed by atoms with Gasteiger partial charge >= 0.3 is 0 Å². The molecule has 1 amide bonds. The Balaban J connectivity index is 1.77. The number of benzene rings is 2. The van der Waals surface area contributed by atoms with Crippen LogP contribution in [-0.4, -0.2) is 43.2 Å². The lowest BCUT2D eigenvalue weighted by Gasteiger charge is -2.49. The van der Waals surface area contributed by atoms with Gasteiger partial charge in [-0.1, -0.05) is 50.2 Å². The van der Waals surface area contributed by atoms with Crippen LogP contribution in [0.5, 0.6) is 0 Å². The van der Waals surface area contributed by atoms with Gasteiger partial charge in [-0.2, -0.15) is 9.57 Å². The van der Waals surface area contributed by atoms with Gasteiger partial charge in [0, 0.05) is 18.5 Å². The van der Waals surface area contributed by atoms with Crippen molar-refractivity contribution < 1.29 is 13.2 Å². The molecule has 28 heavy (non-hydrogen) atoms. The Bertz CT molecular complexity index is 1100. The summed E-state index contributed by atoms with van der Waals surface area (Å²) in [5, 5.41) is 9.30. The molecule has 2 aromatic carbocycles. The van der Waals surface area contributed by atoms with E-state index < -0.39 is 10.0 Å². The van der Waals surface area contributed by atoms with Crippen LogP contribution in [0, 0.1) is 11.3 Å². The number of amides is 1. The fraction of sp³-hybridized carbons (Fsp3) is 0.333. The Hall–Kier alpha value is -2.69. The van der Waals surface area contributed by atoms with Gasteiger partial charge in [0.15, 0.2) is 0 Å². The van der Waals surface area contributed by atoms with Crippen LogP contribution in [0.2, 0.25) is 0 Å². The zero-order chi connectivity index (χ0) is 20.1. The zero-order valence-corrected chi connectivity index (χ0v) is 16.6. The molecule has 144 valence electrons. The quantitative estimate of drug-likeness (QED) is 0.782. The van der Waals surface area contributed by atoms with Crippen molar-refractivity contribution in [3.8, 4) is 6.07 Å². The van der Waals surface area contributed by atoms with Crippen molar-refractivity contribution >= 4 is 15.9 Å². The summed E-state index contributed by atoms with van der Waals surface area (Å²) in [4.78, 5) is 14.7. The Morgan fingerprint density at radius 3 is 2.54 bits per heavy atom. The maximum absolute atomic E-state index is 13.2. The summed E-state index contributed by atoms with van der Waals surface area (Å²) in [7, 11) is -3.96. The molecule has 1 fully saturated rings. The molecule has 0 bridgehead atoms. The van der Waals surface area contributed by atoms with Crippen LogP contribution in [0.1, 0.15) is 36.6 Å². The van der Waals surface area contributed by atoms with Gasteiger partial charge in [0.05, 0.1) is 23.0 Å². The first-order valence-electron chi connectivity index (χ1n) is 9.14. The molecule has 2 aliphatic heterocycles. The molecular formula is C21H21N3O3S. The molecule has 0 N–H and O–H groups in total. The van der Waals surface area contributed by atoms with E-state index in [4.69, 9.17) is 0 Å². The van der Waals surface area contributed by atoms with E-state index >= 15 is 0 Å². The normalized spacial score (nSPS) is 21.5. The lowest BCUT2D eigenvalue weighted by molar-refractivity contribution is -0.139. The second-order valence-corrected chi connectivity index (χ2v) is 9.82. The van der Waals surface area contributed by atoms with Gasteiger partial charge in [0.2, 0.25) is 15.9 Å². The van der Waals surface area contributed by atoms with E-state index in [2.05, 4.69) is 19.9 Å². The molecule has 7 heteroatoms. The largest absolute Gasteiger partial charge is 0.332 e. The maximum atomic E-state index is 13.2. The standard InChI is InChI=1S/C21H21N3O3S/c1-21(2)14-24-18(16-8-4-5-9-17(16)21)12-23(13-20(24)25)28(26,27)19-10-6-3-7-15(19)11-22/h3-10,18H,12-14H2,1-2H3. The molecule has 0 radical (unpaired) electrons. The highest BCUT2D eigenvalue weighted by Crippen LogP contribution is 2.42. The smallest absolute Gasteiger partial charge is 0.244 e. The minimum atomic E-state index is -3.96. The Morgan fingerprint density at radius 2 is 1.79 bits per heavy atom. The fourth-order valence-corrected chi connectivity index (χ4v) is 5.80. The third kappa shape index (κ3) is 2.81. The summed E-state index contributed by atoms with van der Waals surface area (Å²) in [6.07, 6.45) is 0. The number of carbonyl (C=O) groups is 1. The Morgan fingerprint density at radius 1 is 1.11 bits per heavy atom. The monoisotopic (exact) mass is 395 g/mol. The second-order valence-electron chi connectivity index (χ2n) is 7.91. The lowest BCUT2D eigenvalue weighted by Crippen LogP contribution is -2.58. The SMILES string of the molecule is CC1(C)CN2C(=O)CN(S(=O)(=O)c3ccccc3C#N)CC2c2ccccc21. The summed E-state index contributed by atoms with van der Waals surface area (Å²) < 4.78 is 27.7. The molecular weight excluding hydrogens is 374 g/mol. The first kappa shape index (κ1) is 18.7. The number of carbonyl (C=O) groups excluding carboxylic acids is 1. The molecule has 6 nitrogen and oxygen atoms in total. The van der Waals surface area contributed by atoms with Crippen LogP contribution in [0.3, 0.4) is 0 Å². The van der Waals surface area contributed by atoms with E-state index in [9.17, 15) is 18.5 Å². The predicted octanol–water partition coefficient (Wildman–Crippen LogP) is 2.42. The molecule has 4 rings (SSSR count). The molecule has 1 atom stereocenters. The van der Waals surface area contributed by atoms with Crippen LogP contribution < -0.4 is 0 Å². The van der Waals surface area contributed by atoms with Crippen LogP contribution in [-0.2, 0) is 20.2 Å². The van der Waals surface area contributed by atoms with Crippen molar-refractivity contribution in [1.82, 2.24) is 9.21 Å². The first-order chi connectivity index (χ1) is 13.3. The van der Waals surface area contributed by atoms with Gasteiger partial charge in [-0.3, -0.25) is 4.79 Å². The average molecular weight is 395 g/mol. The number of rotatable bonds is 2. The predicted molar refractivity (Wildman–Crippen MR) is 104 cm³/mol. The summed E-state index contributed by atoms with van der Waals surface area (Å²) >= 11 is 0. The Kier molecular flexibility index (Phi) is 4.29. The summed E-state index contributed by atoms with van der Waals surface area (Å²) in [5.41, 5.74) is 2.01. The van der Waals surface area contributed by atoms with Gasteiger partial charge in [-0.15, -0.1) is 0 Å². The van der Waals surface area contributed by atoms with Crippen LogP contribution in [0.15, 0.2) is 53.4 Å². The molecule has 2 aromatic rings. The number of piperazine rings is 1. The molecule has 1 saturated heterocycles. The topological polar surface area (TPSA) is 81.5 Å². The molecule has 2 aliphatic rings. The van der Waals surface area contributed by atoms with E-state index in [1.807, 2.05) is 24.3 Å². The van der Waals surface area contributed by atoms with Crippen LogP contribution >= 0.6 is 0 Å². The summed E-state index contributed by atoms with van der Waals surface area (Å²) in [6, 6.07) is 15.6. The number of sulfonamides is 1. The zero-order valence-electron chi connectivity index (χ0n) is 15.8. The Labute approximate surface area is 165 Å². The highest BCUT2D eigenvalue weighted by atomic mass is 32.2. The molecule has 0 saturated carbocycles. The molecule has 1 unspecified atom stereocenters. The van der Waals surface area contributed by atoms with E-state index in [1.54, 1.807) is 17.0 Å². The van der Waals surface area contributed by atoms with E-state index in [-0.39, 0.29) is 40.9 Å². The van der Waals surface area contributed by atoms with Crippen molar-refractivity contribution in [2.75, 3.05) is 19.6 Å². The average Bonchev–Trinajstić information content (AvgIpc) is 2.68. The number of fused-ring (bicyclic) bond motifs is 3. The molecule has 0 spiro atoms. The number of hydrogen-bond acceptors (Lipinski definition) is 4. The fourth-order valence-electron chi connectivity index (χ4n) is 4.26. The van der Waals surface area contributed by atoms with Crippen molar-refractivity contribution in [2.24, 2.45) is 0 Å². The van der Waals surface area contributed by atoms with Gasteiger partial charge in [-0.25, -0.2) is 8.42 Å². The van der Waals surface area contributed by atoms with E-state index in [0.717, 1.165) is 11.1 Å². The van der Waals surface area contributed by atoms with Crippen molar-refractivity contribution in [3.05, 3.63) is 65.2 Å². The minimum absolute atomic E-state index is 0.0526. The molecule has 2 heterocycles. The van der Waals surface area contributed by atoms with Gasteiger partial charge < -0.3 is 4.90 Å². The number of nitrogens with zero attached hydrogens (tertiary/aromatic N) is 3. The van der Waals surface area contributed by atoms with Crippen molar-refractivity contribution in [3.63, 3.8) is 0 Å². The number of hydrogen-bond donors (Lipinski definition) is 0.